The van der Waals surface area contributed by atoms with Crippen LogP contribution in [-0.2, 0) is 13.1 Å². The lowest BCUT2D eigenvalue weighted by atomic mass is 10.4. The normalized spacial score (nSPS) is 10.3. The zero-order valence-corrected chi connectivity index (χ0v) is 9.21. The van der Waals surface area contributed by atoms with E-state index in [2.05, 4.69) is 5.18 Å². The Hall–Kier alpha value is -1.50. The highest BCUT2D eigenvalue weighted by molar-refractivity contribution is 7.71. The van der Waals surface area contributed by atoms with Gasteiger partial charge in [0.2, 0.25) is 0 Å². The lowest BCUT2D eigenvalue weighted by Gasteiger charge is -2.19. The minimum atomic E-state index is -0.716. The van der Waals surface area contributed by atoms with E-state index in [1.54, 1.807) is 13.8 Å². The molecule has 7 heteroatoms. The largest absolute Gasteiger partial charge is 0.858 e. The summed E-state index contributed by atoms with van der Waals surface area (Å²) in [6.45, 7) is 4.02. The Morgan fingerprint density at radius 1 is 1.33 bits per heavy atom. The van der Waals surface area contributed by atoms with E-state index in [0.717, 1.165) is 0 Å². The van der Waals surface area contributed by atoms with Crippen LogP contribution in [-0.4, -0.2) is 9.13 Å². The minimum absolute atomic E-state index is 0.127. The summed E-state index contributed by atoms with van der Waals surface area (Å²) in [7, 11) is 0. The molecule has 0 aromatic carbocycles. The Morgan fingerprint density at radius 2 is 1.87 bits per heavy atom. The summed E-state index contributed by atoms with van der Waals surface area (Å²) in [6, 6.07) is 0. The molecule has 0 aliphatic rings. The van der Waals surface area contributed by atoms with Crippen LogP contribution in [0.5, 0.6) is 5.88 Å². The molecule has 0 unspecified atom stereocenters. The zero-order valence-electron chi connectivity index (χ0n) is 8.39. The molecule has 0 N–H and O–H groups in total. The van der Waals surface area contributed by atoms with Gasteiger partial charge in [-0.1, -0.05) is 0 Å². The second-order valence-corrected chi connectivity index (χ2v) is 3.19. The second kappa shape index (κ2) is 4.35. The van der Waals surface area contributed by atoms with Crippen LogP contribution >= 0.6 is 12.2 Å². The molecule has 0 amide bonds. The summed E-state index contributed by atoms with van der Waals surface area (Å²) in [5.41, 5.74) is -1.32. The number of nitroso groups, excluding NO2 is 1. The van der Waals surface area contributed by atoms with Gasteiger partial charge in [0, 0.05) is 19.0 Å². The molecule has 15 heavy (non-hydrogen) atoms. The highest BCUT2D eigenvalue weighted by Crippen LogP contribution is 2.18. The van der Waals surface area contributed by atoms with Crippen LogP contribution < -0.4 is 10.7 Å². The molecule has 0 fully saturated rings. The van der Waals surface area contributed by atoms with Crippen molar-refractivity contribution in [3.05, 3.63) is 20.0 Å². The molecule has 1 aromatic heterocycles. The summed E-state index contributed by atoms with van der Waals surface area (Å²) in [6.07, 6.45) is 0. The maximum Gasteiger partial charge on any atom is 0.283 e. The molecule has 82 valence electrons. The molecule has 0 radical (unpaired) electrons. The van der Waals surface area contributed by atoms with E-state index >= 15 is 0 Å². The van der Waals surface area contributed by atoms with Gasteiger partial charge in [-0.05, 0) is 31.2 Å². The van der Waals surface area contributed by atoms with Gasteiger partial charge in [-0.3, -0.25) is 9.36 Å². The summed E-state index contributed by atoms with van der Waals surface area (Å²) in [5.74, 6) is -0.716. The summed E-state index contributed by atoms with van der Waals surface area (Å²) >= 11 is 4.96. The third kappa shape index (κ3) is 1.70. The molecular weight excluding hydrogens is 218 g/mol. The van der Waals surface area contributed by atoms with Crippen LogP contribution in [0.15, 0.2) is 9.97 Å². The van der Waals surface area contributed by atoms with Gasteiger partial charge in [0.15, 0.2) is 10.5 Å². The molecule has 0 saturated heterocycles. The average molecular weight is 228 g/mol. The quantitative estimate of drug-likeness (QED) is 0.568. The molecule has 0 bridgehead atoms. The van der Waals surface area contributed by atoms with Gasteiger partial charge < -0.3 is 9.67 Å². The molecular formula is C8H10N3O3S-. The number of rotatable bonds is 3. The highest BCUT2D eigenvalue weighted by Gasteiger charge is 2.09. The first-order chi connectivity index (χ1) is 7.08. The van der Waals surface area contributed by atoms with Gasteiger partial charge in [-0.25, -0.2) is 0 Å². The van der Waals surface area contributed by atoms with Crippen molar-refractivity contribution in [2.45, 2.75) is 26.9 Å². The average Bonchev–Trinajstić information content (AvgIpc) is 2.19. The second-order valence-electron chi connectivity index (χ2n) is 2.82. The maximum absolute atomic E-state index is 11.5. The molecule has 1 rings (SSSR count). The first-order valence-corrected chi connectivity index (χ1v) is 4.87. The third-order valence-corrected chi connectivity index (χ3v) is 2.52. The predicted molar refractivity (Wildman–Crippen MR) is 55.8 cm³/mol. The van der Waals surface area contributed by atoms with Crippen LogP contribution in [0, 0.1) is 9.68 Å². The summed E-state index contributed by atoms with van der Waals surface area (Å²) < 4.78 is 2.48. The smallest absolute Gasteiger partial charge is 0.283 e. The van der Waals surface area contributed by atoms with E-state index in [4.69, 9.17) is 12.2 Å². The van der Waals surface area contributed by atoms with Gasteiger partial charge in [-0.2, -0.15) is 0 Å². The van der Waals surface area contributed by atoms with Crippen molar-refractivity contribution in [2.75, 3.05) is 0 Å². The van der Waals surface area contributed by atoms with Crippen LogP contribution in [0.1, 0.15) is 13.8 Å². The first-order valence-electron chi connectivity index (χ1n) is 4.46. The SMILES string of the molecule is CCn1c([O-])c(N=O)c(=O)n(CC)c1=S. The van der Waals surface area contributed by atoms with E-state index in [9.17, 15) is 14.8 Å². The topological polar surface area (TPSA) is 79.4 Å². The minimum Gasteiger partial charge on any atom is -0.858 e. The Bertz CT molecular complexity index is 503. The molecule has 6 nitrogen and oxygen atoms in total. The fourth-order valence-corrected chi connectivity index (χ4v) is 1.73. The Labute approximate surface area is 90.8 Å². The summed E-state index contributed by atoms with van der Waals surface area (Å²) in [5, 5.41) is 14.0. The lowest BCUT2D eigenvalue weighted by Crippen LogP contribution is -2.26. The predicted octanol–water partition coefficient (Wildman–Crippen LogP) is 0.891. The molecule has 0 spiro atoms. The van der Waals surface area contributed by atoms with E-state index in [1.165, 1.54) is 9.13 Å². The maximum atomic E-state index is 11.5. The van der Waals surface area contributed by atoms with Crippen molar-refractivity contribution in [3.8, 4) is 5.88 Å². The fraction of sp³-hybridized carbons (Fsp3) is 0.500. The Morgan fingerprint density at radius 3 is 2.27 bits per heavy atom. The fourth-order valence-electron chi connectivity index (χ4n) is 1.30. The Kier molecular flexibility index (Phi) is 3.35. The van der Waals surface area contributed by atoms with E-state index in [-0.39, 0.29) is 4.77 Å². The molecule has 0 atom stereocenters. The summed E-state index contributed by atoms with van der Waals surface area (Å²) in [4.78, 5) is 21.9. The standard InChI is InChI=1S/C8H11N3O3S/c1-3-10-6(12)5(9-14)7(13)11(4-2)8(10)15/h12H,3-4H2,1-2H3/p-1. The van der Waals surface area contributed by atoms with Crippen LogP contribution in [0.3, 0.4) is 0 Å². The highest BCUT2D eigenvalue weighted by atomic mass is 32.1. The van der Waals surface area contributed by atoms with Crippen molar-refractivity contribution in [2.24, 2.45) is 5.18 Å². The van der Waals surface area contributed by atoms with Gasteiger partial charge in [-0.15, -0.1) is 4.91 Å². The van der Waals surface area contributed by atoms with E-state index < -0.39 is 17.1 Å². The lowest BCUT2D eigenvalue weighted by molar-refractivity contribution is -0.278. The van der Waals surface area contributed by atoms with Gasteiger partial charge >= 0.3 is 0 Å². The zero-order chi connectivity index (χ0) is 11.6. The number of hydrogen-bond acceptors (Lipinski definition) is 5. The molecule has 1 heterocycles. The van der Waals surface area contributed by atoms with E-state index in [1.807, 2.05) is 0 Å². The van der Waals surface area contributed by atoms with Crippen LogP contribution in [0.25, 0.3) is 0 Å². The van der Waals surface area contributed by atoms with Gasteiger partial charge in [0.1, 0.15) is 0 Å². The monoisotopic (exact) mass is 228 g/mol. The van der Waals surface area contributed by atoms with Crippen molar-refractivity contribution in [1.82, 2.24) is 9.13 Å². The van der Waals surface area contributed by atoms with Crippen molar-refractivity contribution in [1.29, 1.82) is 0 Å². The number of aromatic nitrogens is 2. The van der Waals surface area contributed by atoms with Crippen molar-refractivity contribution >= 4 is 17.9 Å². The third-order valence-electron chi connectivity index (χ3n) is 2.08. The molecule has 1 aromatic rings. The number of hydrogen-bond donors (Lipinski definition) is 0. The number of nitrogens with zero attached hydrogens (tertiary/aromatic N) is 3. The Balaban J connectivity index is 3.81. The van der Waals surface area contributed by atoms with Crippen LogP contribution in [0.2, 0.25) is 0 Å². The van der Waals surface area contributed by atoms with Crippen molar-refractivity contribution in [3.63, 3.8) is 0 Å². The van der Waals surface area contributed by atoms with Gasteiger partial charge in [0.05, 0.1) is 0 Å². The molecule has 0 aliphatic carbocycles. The van der Waals surface area contributed by atoms with Gasteiger partial charge in [0.25, 0.3) is 5.56 Å². The first kappa shape index (κ1) is 11.6. The molecule has 0 saturated carbocycles. The van der Waals surface area contributed by atoms with Crippen LogP contribution in [0.4, 0.5) is 5.69 Å². The van der Waals surface area contributed by atoms with Crippen molar-refractivity contribution < 1.29 is 5.11 Å². The molecule has 0 aliphatic heterocycles. The van der Waals surface area contributed by atoms with E-state index in [0.29, 0.717) is 13.1 Å².